The van der Waals surface area contributed by atoms with Crippen LogP contribution in [0.5, 0.6) is 0 Å². The molecule has 17 heteroatoms. The average molecular weight is 643 g/mol. The Bertz CT molecular complexity index is 1410. The minimum absolute atomic E-state index is 0.0119. The summed E-state index contributed by atoms with van der Waals surface area (Å²) in [6.45, 7) is 4.22. The molecule has 0 aliphatic rings. The molecule has 3 rings (SSSR count). The number of amides is 2. The van der Waals surface area contributed by atoms with Gasteiger partial charge in [0.25, 0.3) is 5.91 Å². The normalized spacial score (nSPS) is 11.7. The highest BCUT2D eigenvalue weighted by Crippen LogP contribution is 2.16. The number of aromatic nitrogens is 4. The summed E-state index contributed by atoms with van der Waals surface area (Å²) in [5.74, 6) is -1.98. The zero-order chi connectivity index (χ0) is 33.1. The highest BCUT2D eigenvalue weighted by atomic mass is 16.5. The van der Waals surface area contributed by atoms with Crippen molar-refractivity contribution in [3.8, 4) is 0 Å². The van der Waals surface area contributed by atoms with Crippen molar-refractivity contribution in [1.29, 1.82) is 0 Å². The molecule has 2 amide bonds. The predicted molar refractivity (Wildman–Crippen MR) is 170 cm³/mol. The summed E-state index contributed by atoms with van der Waals surface area (Å²) in [7, 11) is 0. The molecule has 1 atom stereocenters. The molecule has 0 spiro atoms. The maximum absolute atomic E-state index is 12.7. The van der Waals surface area contributed by atoms with Crippen molar-refractivity contribution in [1.82, 2.24) is 30.6 Å². The topological polar surface area (TPSA) is 265 Å². The van der Waals surface area contributed by atoms with Crippen molar-refractivity contribution < 1.29 is 33.7 Å². The monoisotopic (exact) mass is 642 g/mol. The van der Waals surface area contributed by atoms with E-state index in [0.717, 1.165) is 6.42 Å². The van der Waals surface area contributed by atoms with Gasteiger partial charge in [-0.15, -0.1) is 0 Å². The third-order valence-electron chi connectivity index (χ3n) is 6.41. The van der Waals surface area contributed by atoms with Crippen LogP contribution in [0.2, 0.25) is 0 Å². The largest absolute Gasteiger partial charge is 0.480 e. The Morgan fingerprint density at radius 1 is 0.891 bits per heavy atom. The van der Waals surface area contributed by atoms with Crippen molar-refractivity contribution in [2.75, 3.05) is 69.5 Å². The van der Waals surface area contributed by atoms with Crippen molar-refractivity contribution in [2.45, 2.75) is 38.3 Å². The summed E-state index contributed by atoms with van der Waals surface area (Å²) in [6, 6.07) is 5.21. The molecule has 0 saturated carbocycles. The maximum atomic E-state index is 12.7. The number of aliphatic carboxylic acids is 1. The van der Waals surface area contributed by atoms with E-state index in [0.29, 0.717) is 88.2 Å². The molecule has 2 aromatic heterocycles. The van der Waals surface area contributed by atoms with Crippen molar-refractivity contribution in [3.63, 3.8) is 0 Å². The fourth-order valence-corrected chi connectivity index (χ4v) is 3.99. The third kappa shape index (κ3) is 12.7. The Kier molecular flexibility index (Phi) is 15.3. The second kappa shape index (κ2) is 19.6. The summed E-state index contributed by atoms with van der Waals surface area (Å²) in [5.41, 5.74) is 19.0. The van der Waals surface area contributed by atoms with E-state index in [1.54, 1.807) is 24.3 Å². The van der Waals surface area contributed by atoms with Gasteiger partial charge in [0.2, 0.25) is 11.9 Å². The van der Waals surface area contributed by atoms with E-state index in [1.807, 2.05) is 0 Å². The highest BCUT2D eigenvalue weighted by molar-refractivity contribution is 5.97. The van der Waals surface area contributed by atoms with E-state index in [9.17, 15) is 19.5 Å². The fraction of sp³-hybridized carbons (Fsp3) is 0.483. The lowest BCUT2D eigenvalue weighted by Crippen LogP contribution is -2.41. The Labute approximate surface area is 266 Å². The van der Waals surface area contributed by atoms with Crippen LogP contribution in [-0.4, -0.2) is 102 Å². The molecular formula is C29H42N10O7. The lowest BCUT2D eigenvalue weighted by atomic mass is 10.1. The van der Waals surface area contributed by atoms with Crippen LogP contribution >= 0.6 is 0 Å². The second-order valence-electron chi connectivity index (χ2n) is 10.0. The lowest BCUT2D eigenvalue weighted by molar-refractivity contribution is -0.139. The van der Waals surface area contributed by atoms with Gasteiger partial charge >= 0.3 is 5.97 Å². The van der Waals surface area contributed by atoms with Crippen LogP contribution in [0.3, 0.4) is 0 Å². The number of carbonyl (C=O) groups is 3. The fourth-order valence-electron chi connectivity index (χ4n) is 3.99. The SMILES string of the molecule is NCCCOCCOCCOCCCNC(=O)CCC(NC(=O)c1ccc(NCc2cnc3nc(N)nc(N)c3n2)cc1)C(=O)O. The number of nitrogens with zero attached hydrogens (tertiary/aromatic N) is 4. The Hall–Kier alpha value is -4.71. The molecule has 1 aromatic carbocycles. The maximum Gasteiger partial charge on any atom is 0.326 e. The van der Waals surface area contributed by atoms with Crippen LogP contribution in [0.1, 0.15) is 41.7 Å². The number of rotatable bonds is 22. The van der Waals surface area contributed by atoms with Gasteiger partial charge < -0.3 is 52.5 Å². The summed E-state index contributed by atoms with van der Waals surface area (Å²) >= 11 is 0. The minimum atomic E-state index is -1.23. The molecule has 1 unspecified atom stereocenters. The Balaban J connectivity index is 1.31. The molecular weight excluding hydrogens is 600 g/mol. The van der Waals surface area contributed by atoms with Gasteiger partial charge in [-0.05, 0) is 50.1 Å². The number of carboxylic acid groups (broad SMARTS) is 1. The number of nitrogens with two attached hydrogens (primary N) is 3. The van der Waals surface area contributed by atoms with E-state index in [-0.39, 0.29) is 36.1 Å². The van der Waals surface area contributed by atoms with Gasteiger partial charge in [0.15, 0.2) is 17.0 Å². The first-order chi connectivity index (χ1) is 22.3. The minimum Gasteiger partial charge on any atom is -0.480 e. The van der Waals surface area contributed by atoms with Gasteiger partial charge in [0.05, 0.1) is 44.9 Å². The van der Waals surface area contributed by atoms with Crippen molar-refractivity contribution in [3.05, 3.63) is 41.7 Å². The predicted octanol–water partition coefficient (Wildman–Crippen LogP) is 0.0644. The number of hydrogen-bond donors (Lipinski definition) is 7. The first-order valence-electron chi connectivity index (χ1n) is 14.9. The number of nitrogen functional groups attached to an aromatic ring is 2. The van der Waals surface area contributed by atoms with Crippen LogP contribution in [0.25, 0.3) is 11.2 Å². The molecule has 0 aliphatic heterocycles. The van der Waals surface area contributed by atoms with E-state index in [4.69, 9.17) is 31.4 Å². The standard InChI is InChI=1S/C29H42N10O7/c30-9-1-11-44-13-15-46-16-14-45-12-2-10-33-23(40)8-7-22(28(42)43)37-27(41)19-3-5-20(6-4-19)34-17-21-18-35-26-24(36-21)25(31)38-29(32)39-26/h3-6,18,22,34H,1-2,7-17,30H2,(H,33,40)(H,37,41)(H,42,43)(H4,31,32,35,38,39). The summed E-state index contributed by atoms with van der Waals surface area (Å²) in [6.07, 6.45) is 2.82. The van der Waals surface area contributed by atoms with Crippen molar-refractivity contribution in [2.24, 2.45) is 5.73 Å². The Morgan fingerprint density at radius 2 is 1.57 bits per heavy atom. The number of carbonyl (C=O) groups excluding carboxylic acids is 2. The van der Waals surface area contributed by atoms with Crippen LogP contribution < -0.4 is 33.2 Å². The molecule has 0 radical (unpaired) electrons. The van der Waals surface area contributed by atoms with Crippen LogP contribution in [-0.2, 0) is 30.3 Å². The highest BCUT2D eigenvalue weighted by Gasteiger charge is 2.21. The number of nitrogens with one attached hydrogen (secondary N) is 3. The number of carboxylic acids is 1. The van der Waals surface area contributed by atoms with Crippen LogP contribution in [0.4, 0.5) is 17.5 Å². The summed E-state index contributed by atoms with van der Waals surface area (Å²) in [4.78, 5) is 53.1. The van der Waals surface area contributed by atoms with E-state index in [2.05, 4.69) is 35.9 Å². The number of benzene rings is 1. The van der Waals surface area contributed by atoms with Gasteiger partial charge in [-0.2, -0.15) is 9.97 Å². The Morgan fingerprint density at radius 3 is 2.24 bits per heavy atom. The molecule has 0 bridgehead atoms. The van der Waals surface area contributed by atoms with Gasteiger partial charge in [-0.1, -0.05) is 0 Å². The second-order valence-corrected chi connectivity index (χ2v) is 10.0. The van der Waals surface area contributed by atoms with Crippen LogP contribution in [0, 0.1) is 0 Å². The molecule has 0 saturated heterocycles. The molecule has 250 valence electrons. The number of hydrogen-bond acceptors (Lipinski definition) is 14. The number of anilines is 3. The molecule has 0 aliphatic carbocycles. The van der Waals surface area contributed by atoms with Gasteiger partial charge in [-0.25, -0.2) is 14.8 Å². The van der Waals surface area contributed by atoms with Gasteiger partial charge in [0.1, 0.15) is 6.04 Å². The number of fused-ring (bicyclic) bond motifs is 1. The van der Waals surface area contributed by atoms with Crippen LogP contribution in [0.15, 0.2) is 30.5 Å². The number of ether oxygens (including phenoxy) is 3. The molecule has 0 fully saturated rings. The van der Waals surface area contributed by atoms with E-state index in [1.165, 1.54) is 6.20 Å². The molecule has 3 aromatic rings. The summed E-state index contributed by atoms with van der Waals surface area (Å²) < 4.78 is 16.2. The zero-order valence-corrected chi connectivity index (χ0v) is 25.6. The lowest BCUT2D eigenvalue weighted by Gasteiger charge is -2.15. The molecule has 17 nitrogen and oxygen atoms in total. The quantitative estimate of drug-likeness (QED) is 0.0715. The smallest absolute Gasteiger partial charge is 0.326 e. The molecule has 46 heavy (non-hydrogen) atoms. The first-order valence-corrected chi connectivity index (χ1v) is 14.9. The van der Waals surface area contributed by atoms with Gasteiger partial charge in [0, 0.05) is 37.4 Å². The van der Waals surface area contributed by atoms with Crippen molar-refractivity contribution >= 4 is 46.4 Å². The molecule has 10 N–H and O–H groups in total. The zero-order valence-electron chi connectivity index (χ0n) is 25.6. The summed E-state index contributed by atoms with van der Waals surface area (Å²) in [5, 5.41) is 17.9. The third-order valence-corrected chi connectivity index (χ3v) is 6.41. The van der Waals surface area contributed by atoms with Gasteiger partial charge in [-0.3, -0.25) is 9.59 Å². The van der Waals surface area contributed by atoms with E-state index >= 15 is 0 Å². The average Bonchev–Trinajstić information content (AvgIpc) is 3.04. The first kappa shape index (κ1) is 35.8. The molecule has 2 heterocycles. The van der Waals surface area contributed by atoms with E-state index < -0.39 is 17.9 Å².